The maximum atomic E-state index is 12.7. The SMILES string of the molecule is Cc1noc2nc(C(C)C)cc(C(=O)NC(C(=O)O)C3CC3)c12. The molecule has 2 N–H and O–H groups in total. The van der Waals surface area contributed by atoms with E-state index in [0.29, 0.717) is 28.1 Å². The lowest BCUT2D eigenvalue weighted by molar-refractivity contribution is -0.139. The zero-order valence-corrected chi connectivity index (χ0v) is 13.3. The molecule has 23 heavy (non-hydrogen) atoms. The van der Waals surface area contributed by atoms with Gasteiger partial charge >= 0.3 is 5.97 Å². The van der Waals surface area contributed by atoms with E-state index in [1.807, 2.05) is 13.8 Å². The summed E-state index contributed by atoms with van der Waals surface area (Å²) in [5.41, 5.74) is 1.94. The largest absolute Gasteiger partial charge is 0.480 e. The van der Waals surface area contributed by atoms with E-state index in [1.54, 1.807) is 13.0 Å². The van der Waals surface area contributed by atoms with E-state index in [-0.39, 0.29) is 11.8 Å². The highest BCUT2D eigenvalue weighted by Gasteiger charge is 2.37. The average Bonchev–Trinajstić information content (AvgIpc) is 3.27. The van der Waals surface area contributed by atoms with Crippen LogP contribution >= 0.6 is 0 Å². The van der Waals surface area contributed by atoms with Gasteiger partial charge in [-0.15, -0.1) is 0 Å². The van der Waals surface area contributed by atoms with Crippen LogP contribution in [0.1, 0.15) is 54.4 Å². The quantitative estimate of drug-likeness (QED) is 0.876. The molecule has 2 aromatic heterocycles. The van der Waals surface area contributed by atoms with Gasteiger partial charge in [-0.05, 0) is 37.7 Å². The Hall–Kier alpha value is -2.44. The molecule has 122 valence electrons. The van der Waals surface area contributed by atoms with Crippen molar-refractivity contribution in [3.63, 3.8) is 0 Å². The van der Waals surface area contributed by atoms with Crippen molar-refractivity contribution in [3.8, 4) is 0 Å². The predicted molar refractivity (Wildman–Crippen MR) is 82.2 cm³/mol. The second kappa shape index (κ2) is 5.64. The van der Waals surface area contributed by atoms with Crippen LogP contribution in [0.25, 0.3) is 11.1 Å². The summed E-state index contributed by atoms with van der Waals surface area (Å²) in [6, 6.07) is 0.839. The molecule has 7 nitrogen and oxygen atoms in total. The lowest BCUT2D eigenvalue weighted by Gasteiger charge is -2.15. The summed E-state index contributed by atoms with van der Waals surface area (Å²) in [5.74, 6) is -1.31. The van der Waals surface area contributed by atoms with E-state index in [0.717, 1.165) is 12.8 Å². The number of pyridine rings is 1. The van der Waals surface area contributed by atoms with Crippen LogP contribution in [-0.4, -0.2) is 33.2 Å². The monoisotopic (exact) mass is 317 g/mol. The van der Waals surface area contributed by atoms with Crippen LogP contribution in [0.15, 0.2) is 10.6 Å². The lowest BCUT2D eigenvalue weighted by Crippen LogP contribution is -2.42. The highest BCUT2D eigenvalue weighted by Crippen LogP contribution is 2.33. The standard InChI is InChI=1S/C16H19N3O4/c1-7(2)11-6-10(12-8(3)19-23-15(12)17-11)14(20)18-13(16(21)22)9-4-5-9/h6-7,9,13H,4-5H2,1-3H3,(H,18,20)(H,21,22). The fourth-order valence-electron chi connectivity index (χ4n) is 2.62. The molecule has 1 aliphatic carbocycles. The summed E-state index contributed by atoms with van der Waals surface area (Å²) in [4.78, 5) is 28.4. The van der Waals surface area contributed by atoms with Gasteiger partial charge in [-0.1, -0.05) is 19.0 Å². The summed E-state index contributed by atoms with van der Waals surface area (Å²) in [5, 5.41) is 16.3. The predicted octanol–water partition coefficient (Wildman–Crippen LogP) is 2.25. The van der Waals surface area contributed by atoms with Crippen LogP contribution in [0.4, 0.5) is 0 Å². The van der Waals surface area contributed by atoms with E-state index >= 15 is 0 Å². The van der Waals surface area contributed by atoms with Crippen LogP contribution in [0.3, 0.4) is 0 Å². The maximum absolute atomic E-state index is 12.7. The van der Waals surface area contributed by atoms with Crippen molar-refractivity contribution < 1.29 is 19.2 Å². The van der Waals surface area contributed by atoms with Crippen LogP contribution in [-0.2, 0) is 4.79 Å². The number of carboxylic acids is 1. The second-order valence-electron chi connectivity index (χ2n) is 6.32. The fraction of sp³-hybridized carbons (Fsp3) is 0.500. The molecule has 0 aromatic carbocycles. The molecule has 2 heterocycles. The molecule has 0 saturated heterocycles. The van der Waals surface area contributed by atoms with Gasteiger partial charge in [-0.3, -0.25) is 4.79 Å². The molecule has 3 rings (SSSR count). The molecule has 1 aliphatic rings. The number of aryl methyl sites for hydroxylation is 1. The van der Waals surface area contributed by atoms with Crippen LogP contribution in [0, 0.1) is 12.8 Å². The van der Waals surface area contributed by atoms with Crippen LogP contribution in [0.2, 0.25) is 0 Å². The first-order valence-corrected chi connectivity index (χ1v) is 7.69. The number of fused-ring (bicyclic) bond motifs is 1. The molecule has 1 fully saturated rings. The van der Waals surface area contributed by atoms with Crippen molar-refractivity contribution in [3.05, 3.63) is 23.0 Å². The molecule has 0 spiro atoms. The van der Waals surface area contributed by atoms with E-state index in [9.17, 15) is 14.7 Å². The normalized spacial score (nSPS) is 15.8. The molecular weight excluding hydrogens is 298 g/mol. The van der Waals surface area contributed by atoms with Gasteiger partial charge in [0.2, 0.25) is 0 Å². The minimum absolute atomic E-state index is 0.0157. The molecule has 7 heteroatoms. The maximum Gasteiger partial charge on any atom is 0.326 e. The van der Waals surface area contributed by atoms with Crippen LogP contribution in [0.5, 0.6) is 0 Å². The van der Waals surface area contributed by atoms with E-state index in [2.05, 4.69) is 15.5 Å². The van der Waals surface area contributed by atoms with Crippen LogP contribution < -0.4 is 5.32 Å². The number of rotatable bonds is 5. The first-order chi connectivity index (χ1) is 10.9. The summed E-state index contributed by atoms with van der Waals surface area (Å²) in [7, 11) is 0. The number of hydrogen-bond acceptors (Lipinski definition) is 5. The van der Waals surface area contributed by atoms with Crippen molar-refractivity contribution >= 4 is 23.0 Å². The number of nitrogens with one attached hydrogen (secondary N) is 1. The Morgan fingerprint density at radius 1 is 1.39 bits per heavy atom. The first kappa shape index (κ1) is 15.5. The van der Waals surface area contributed by atoms with Gasteiger partial charge < -0.3 is 14.9 Å². The molecule has 2 aromatic rings. The number of hydrogen-bond donors (Lipinski definition) is 2. The van der Waals surface area contributed by atoms with Crippen molar-refractivity contribution in [2.45, 2.75) is 45.6 Å². The zero-order chi connectivity index (χ0) is 16.7. The van der Waals surface area contributed by atoms with Gasteiger partial charge in [0.1, 0.15) is 6.04 Å². The molecule has 1 amide bonds. The molecule has 1 saturated carbocycles. The van der Waals surface area contributed by atoms with Crippen molar-refractivity contribution in [1.82, 2.24) is 15.5 Å². The Kier molecular flexibility index (Phi) is 3.79. The Morgan fingerprint density at radius 3 is 2.65 bits per heavy atom. The third-order valence-corrected chi connectivity index (χ3v) is 4.12. The molecule has 0 aliphatic heterocycles. The van der Waals surface area contributed by atoms with Crippen molar-refractivity contribution in [2.75, 3.05) is 0 Å². The van der Waals surface area contributed by atoms with Crippen molar-refractivity contribution in [1.29, 1.82) is 0 Å². The smallest absolute Gasteiger partial charge is 0.326 e. The zero-order valence-electron chi connectivity index (χ0n) is 13.3. The number of carbonyl (C=O) groups is 2. The number of aliphatic carboxylic acids is 1. The summed E-state index contributed by atoms with van der Waals surface area (Å²) in [6.45, 7) is 5.65. The van der Waals surface area contributed by atoms with Gasteiger partial charge in [-0.25, -0.2) is 9.78 Å². The van der Waals surface area contributed by atoms with Gasteiger partial charge in [0.25, 0.3) is 11.6 Å². The lowest BCUT2D eigenvalue weighted by atomic mass is 10.0. The minimum atomic E-state index is -1.00. The molecule has 0 bridgehead atoms. The molecular formula is C16H19N3O4. The number of carboxylic acid groups (broad SMARTS) is 1. The summed E-state index contributed by atoms with van der Waals surface area (Å²) in [6.07, 6.45) is 1.65. The third-order valence-electron chi connectivity index (χ3n) is 4.12. The highest BCUT2D eigenvalue weighted by molar-refractivity contribution is 6.07. The summed E-state index contributed by atoms with van der Waals surface area (Å²) < 4.78 is 5.19. The van der Waals surface area contributed by atoms with E-state index < -0.39 is 17.9 Å². The number of nitrogens with zero attached hydrogens (tertiary/aromatic N) is 2. The number of aromatic nitrogens is 2. The van der Waals surface area contributed by atoms with Gasteiger partial charge in [0.05, 0.1) is 16.6 Å². The Labute approximate surface area is 133 Å². The molecule has 0 radical (unpaired) electrons. The second-order valence-corrected chi connectivity index (χ2v) is 6.32. The number of amides is 1. The van der Waals surface area contributed by atoms with Gasteiger partial charge in [0, 0.05) is 5.69 Å². The minimum Gasteiger partial charge on any atom is -0.480 e. The molecule has 1 unspecified atom stereocenters. The first-order valence-electron chi connectivity index (χ1n) is 7.69. The Morgan fingerprint density at radius 2 is 2.09 bits per heavy atom. The van der Waals surface area contributed by atoms with Crippen molar-refractivity contribution in [2.24, 2.45) is 5.92 Å². The third kappa shape index (κ3) is 2.91. The average molecular weight is 317 g/mol. The Bertz CT molecular complexity index is 777. The topological polar surface area (TPSA) is 105 Å². The Balaban J connectivity index is 2.01. The highest BCUT2D eigenvalue weighted by atomic mass is 16.5. The summed E-state index contributed by atoms with van der Waals surface area (Å²) >= 11 is 0. The molecule has 1 atom stereocenters. The van der Waals surface area contributed by atoms with E-state index in [1.165, 1.54) is 0 Å². The van der Waals surface area contributed by atoms with Gasteiger partial charge in [-0.2, -0.15) is 0 Å². The number of carbonyl (C=O) groups excluding carboxylic acids is 1. The fourth-order valence-corrected chi connectivity index (χ4v) is 2.62. The van der Waals surface area contributed by atoms with E-state index in [4.69, 9.17) is 4.52 Å². The van der Waals surface area contributed by atoms with Gasteiger partial charge in [0.15, 0.2) is 0 Å².